The maximum atomic E-state index is 7.44. The summed E-state index contributed by atoms with van der Waals surface area (Å²) in [5.41, 5.74) is 0. The van der Waals surface area contributed by atoms with E-state index in [-0.39, 0.29) is 0 Å². The minimum Gasteiger partial charge on any atom is -0.229 e. The first-order valence-electron chi connectivity index (χ1n) is 4.13. The second kappa shape index (κ2) is 5.69. The van der Waals surface area contributed by atoms with Gasteiger partial charge in [-0.3, -0.25) is 0 Å². The third-order valence-corrected chi connectivity index (χ3v) is 1.37. The monoisotopic (exact) mass is 143 g/mol. The van der Waals surface area contributed by atoms with Crippen LogP contribution in [0.1, 0.15) is 33.6 Å². The number of unbranched alkanes of at least 4 members (excludes halogenated alkanes) is 1. The molecule has 0 aromatic rings. The SMILES string of the molecule is CCCCN([NH])CC(C)C. The Morgan fingerprint density at radius 2 is 2.00 bits per heavy atom. The fourth-order valence-electron chi connectivity index (χ4n) is 0.881. The van der Waals surface area contributed by atoms with E-state index in [2.05, 4.69) is 20.8 Å². The van der Waals surface area contributed by atoms with Gasteiger partial charge in [-0.05, 0) is 12.3 Å². The van der Waals surface area contributed by atoms with Crippen LogP contribution in [0.2, 0.25) is 0 Å². The molecule has 0 aliphatic rings. The van der Waals surface area contributed by atoms with Crippen molar-refractivity contribution in [3.63, 3.8) is 0 Å². The minimum atomic E-state index is 0.620. The molecule has 0 spiro atoms. The van der Waals surface area contributed by atoms with Crippen molar-refractivity contribution < 1.29 is 0 Å². The van der Waals surface area contributed by atoms with Gasteiger partial charge in [0.05, 0.1) is 0 Å². The topological polar surface area (TPSA) is 27.0 Å². The lowest BCUT2D eigenvalue weighted by Crippen LogP contribution is -2.26. The lowest BCUT2D eigenvalue weighted by molar-refractivity contribution is 0.233. The van der Waals surface area contributed by atoms with Crippen LogP contribution in [0.3, 0.4) is 0 Å². The smallest absolute Gasteiger partial charge is 0.0167 e. The zero-order valence-corrected chi connectivity index (χ0v) is 7.35. The molecule has 0 aliphatic carbocycles. The van der Waals surface area contributed by atoms with Gasteiger partial charge < -0.3 is 0 Å². The Morgan fingerprint density at radius 3 is 2.40 bits per heavy atom. The molecule has 0 heterocycles. The maximum absolute atomic E-state index is 7.44. The normalized spacial score (nSPS) is 11.4. The molecule has 0 aromatic heterocycles. The molecule has 0 fully saturated rings. The van der Waals surface area contributed by atoms with E-state index in [4.69, 9.17) is 5.84 Å². The van der Waals surface area contributed by atoms with E-state index >= 15 is 0 Å². The van der Waals surface area contributed by atoms with Crippen molar-refractivity contribution >= 4 is 0 Å². The molecule has 1 radical (unpaired) electrons. The largest absolute Gasteiger partial charge is 0.229 e. The average Bonchev–Trinajstić information content (AvgIpc) is 1.82. The fourth-order valence-corrected chi connectivity index (χ4v) is 0.881. The Balaban J connectivity index is 3.16. The minimum absolute atomic E-state index is 0.620. The molecule has 0 aromatic carbocycles. The van der Waals surface area contributed by atoms with Gasteiger partial charge in [-0.25, -0.2) is 5.01 Å². The summed E-state index contributed by atoms with van der Waals surface area (Å²) in [6.07, 6.45) is 2.34. The summed E-state index contributed by atoms with van der Waals surface area (Å²) in [5, 5.41) is 1.66. The Bertz CT molecular complexity index is 71.7. The van der Waals surface area contributed by atoms with E-state index in [0.717, 1.165) is 19.5 Å². The highest BCUT2D eigenvalue weighted by molar-refractivity contribution is 4.51. The van der Waals surface area contributed by atoms with Crippen molar-refractivity contribution in [2.75, 3.05) is 13.1 Å². The Morgan fingerprint density at radius 1 is 1.40 bits per heavy atom. The van der Waals surface area contributed by atoms with Crippen LogP contribution in [0.25, 0.3) is 0 Å². The summed E-state index contributed by atoms with van der Waals surface area (Å²) in [6.45, 7) is 8.28. The van der Waals surface area contributed by atoms with Crippen molar-refractivity contribution in [3.8, 4) is 0 Å². The maximum Gasteiger partial charge on any atom is 0.0167 e. The van der Waals surface area contributed by atoms with Crippen LogP contribution in [-0.4, -0.2) is 18.1 Å². The molecule has 0 bridgehead atoms. The van der Waals surface area contributed by atoms with E-state index in [0.29, 0.717) is 5.92 Å². The molecule has 0 rings (SSSR count). The molecule has 61 valence electrons. The lowest BCUT2D eigenvalue weighted by Gasteiger charge is -2.16. The first-order chi connectivity index (χ1) is 4.66. The third-order valence-electron chi connectivity index (χ3n) is 1.37. The summed E-state index contributed by atoms with van der Waals surface area (Å²) in [7, 11) is 0. The predicted molar refractivity (Wildman–Crippen MR) is 44.4 cm³/mol. The zero-order valence-electron chi connectivity index (χ0n) is 7.35. The molecule has 10 heavy (non-hydrogen) atoms. The highest BCUT2D eigenvalue weighted by atomic mass is 15.4. The zero-order chi connectivity index (χ0) is 7.98. The number of hydrogen-bond acceptors (Lipinski definition) is 1. The quantitative estimate of drug-likeness (QED) is 0.540. The molecule has 0 saturated heterocycles. The van der Waals surface area contributed by atoms with Crippen LogP contribution < -0.4 is 5.84 Å². The highest BCUT2D eigenvalue weighted by Gasteiger charge is 2.00. The molecular weight excluding hydrogens is 124 g/mol. The molecule has 0 unspecified atom stereocenters. The number of hydrogen-bond donors (Lipinski definition) is 0. The van der Waals surface area contributed by atoms with E-state index in [1.807, 2.05) is 0 Å². The highest BCUT2D eigenvalue weighted by Crippen LogP contribution is 1.96. The standard InChI is InChI=1S/C8H19N2/c1-4-5-6-10(9)7-8(2)3/h8-9H,4-7H2,1-3H3. The second-order valence-electron chi connectivity index (χ2n) is 3.19. The van der Waals surface area contributed by atoms with E-state index < -0.39 is 0 Å². The van der Waals surface area contributed by atoms with Gasteiger partial charge in [0.2, 0.25) is 0 Å². The molecule has 0 atom stereocenters. The molecule has 0 aliphatic heterocycles. The summed E-state index contributed by atoms with van der Waals surface area (Å²) in [6, 6.07) is 0. The van der Waals surface area contributed by atoms with E-state index in [1.54, 1.807) is 5.01 Å². The van der Waals surface area contributed by atoms with Crippen LogP contribution in [0.5, 0.6) is 0 Å². The summed E-state index contributed by atoms with van der Waals surface area (Å²) >= 11 is 0. The molecule has 2 nitrogen and oxygen atoms in total. The van der Waals surface area contributed by atoms with Gasteiger partial charge in [0.1, 0.15) is 0 Å². The van der Waals surface area contributed by atoms with Crippen LogP contribution in [0.4, 0.5) is 0 Å². The molecular formula is C8H19N2. The Kier molecular flexibility index (Phi) is 5.64. The first kappa shape index (κ1) is 9.92. The average molecular weight is 143 g/mol. The second-order valence-corrected chi connectivity index (χ2v) is 3.19. The predicted octanol–water partition coefficient (Wildman–Crippen LogP) is 1.94. The molecule has 0 saturated carbocycles. The summed E-state index contributed by atoms with van der Waals surface area (Å²) in [5.74, 6) is 8.06. The van der Waals surface area contributed by atoms with Crippen molar-refractivity contribution in [2.24, 2.45) is 5.92 Å². The fraction of sp³-hybridized carbons (Fsp3) is 1.00. The van der Waals surface area contributed by atoms with Crippen molar-refractivity contribution in [2.45, 2.75) is 33.6 Å². The van der Waals surface area contributed by atoms with Crippen molar-refractivity contribution in [1.29, 1.82) is 0 Å². The van der Waals surface area contributed by atoms with Gasteiger partial charge in [0.25, 0.3) is 0 Å². The number of nitrogens with zero attached hydrogens (tertiary/aromatic N) is 1. The molecule has 0 amide bonds. The summed E-state index contributed by atoms with van der Waals surface area (Å²) < 4.78 is 0. The first-order valence-corrected chi connectivity index (χ1v) is 4.13. The lowest BCUT2D eigenvalue weighted by atomic mass is 10.2. The third kappa shape index (κ3) is 6.05. The van der Waals surface area contributed by atoms with Crippen LogP contribution >= 0.6 is 0 Å². The van der Waals surface area contributed by atoms with Crippen LogP contribution in [0, 0.1) is 5.92 Å². The van der Waals surface area contributed by atoms with Crippen molar-refractivity contribution in [3.05, 3.63) is 0 Å². The molecule has 1 N–H and O–H groups in total. The van der Waals surface area contributed by atoms with E-state index in [9.17, 15) is 0 Å². The van der Waals surface area contributed by atoms with Gasteiger partial charge in [-0.2, -0.15) is 5.84 Å². The van der Waals surface area contributed by atoms with Gasteiger partial charge in [0.15, 0.2) is 0 Å². The van der Waals surface area contributed by atoms with Gasteiger partial charge in [-0.15, -0.1) is 0 Å². The van der Waals surface area contributed by atoms with Gasteiger partial charge in [0, 0.05) is 13.1 Å². The van der Waals surface area contributed by atoms with Gasteiger partial charge >= 0.3 is 0 Å². The summed E-state index contributed by atoms with van der Waals surface area (Å²) in [4.78, 5) is 0. The van der Waals surface area contributed by atoms with Crippen LogP contribution in [0.15, 0.2) is 0 Å². The number of nitrogens with one attached hydrogen (secondary N) is 1. The number of rotatable bonds is 5. The van der Waals surface area contributed by atoms with E-state index in [1.165, 1.54) is 6.42 Å². The Labute approximate surface area is 64.4 Å². The Hall–Kier alpha value is -0.0800. The molecule has 2 heteroatoms. The van der Waals surface area contributed by atoms with Crippen LogP contribution in [-0.2, 0) is 0 Å². The van der Waals surface area contributed by atoms with Crippen molar-refractivity contribution in [1.82, 2.24) is 10.9 Å². The van der Waals surface area contributed by atoms with Gasteiger partial charge in [-0.1, -0.05) is 27.2 Å².